The van der Waals surface area contributed by atoms with Gasteiger partial charge < -0.3 is 4.90 Å². The Kier molecular flexibility index (Phi) is 5.65. The van der Waals surface area contributed by atoms with Crippen LogP contribution in [0.25, 0.3) is 0 Å². The molecule has 0 radical (unpaired) electrons. The second-order valence-electron chi connectivity index (χ2n) is 6.16. The number of hydrogen-bond acceptors (Lipinski definition) is 5. The summed E-state index contributed by atoms with van der Waals surface area (Å²) in [6.07, 6.45) is 0. The molecule has 1 aliphatic heterocycles. The smallest absolute Gasteiger partial charge is 0.252 e. The van der Waals surface area contributed by atoms with E-state index in [1.807, 2.05) is 56.6 Å². The van der Waals surface area contributed by atoms with Crippen molar-refractivity contribution in [1.29, 1.82) is 0 Å². The Bertz CT molecular complexity index is 861. The second-order valence-corrected chi connectivity index (χ2v) is 6.60. The molecule has 7 heteroatoms. The fourth-order valence-corrected chi connectivity index (χ4v) is 2.77. The Balaban J connectivity index is 1.89. The molecule has 2 N–H and O–H groups in total. The second kappa shape index (κ2) is 8.12. The molecule has 0 atom stereocenters. The van der Waals surface area contributed by atoms with Gasteiger partial charge >= 0.3 is 0 Å². The van der Waals surface area contributed by atoms with Crippen LogP contribution in [0.1, 0.15) is 11.1 Å². The Hall–Kier alpha value is -2.70. The molecule has 0 bridgehead atoms. The van der Waals surface area contributed by atoms with E-state index in [2.05, 4.69) is 15.8 Å². The lowest BCUT2D eigenvalue weighted by atomic mass is 10.0. The molecule has 134 valence electrons. The molecule has 1 heterocycles. The summed E-state index contributed by atoms with van der Waals surface area (Å²) in [5.41, 5.74) is 8.95. The van der Waals surface area contributed by atoms with Crippen LogP contribution in [0.5, 0.6) is 0 Å². The van der Waals surface area contributed by atoms with Crippen LogP contribution in [0, 0.1) is 0 Å². The van der Waals surface area contributed by atoms with Crippen molar-refractivity contribution in [2.24, 2.45) is 9.98 Å². The highest BCUT2D eigenvalue weighted by atomic mass is 35.5. The van der Waals surface area contributed by atoms with E-state index in [0.29, 0.717) is 17.4 Å². The molecule has 0 fully saturated rings. The van der Waals surface area contributed by atoms with Crippen molar-refractivity contribution in [3.05, 3.63) is 64.7 Å². The molecule has 1 amide bonds. The number of benzene rings is 2. The van der Waals surface area contributed by atoms with Crippen LogP contribution in [-0.2, 0) is 4.79 Å². The molecule has 3 rings (SSSR count). The number of fused-ring (bicyclic) bond motifs is 1. The summed E-state index contributed by atoms with van der Waals surface area (Å²) < 4.78 is 0. The van der Waals surface area contributed by atoms with E-state index >= 15 is 0 Å². The van der Waals surface area contributed by atoms with Crippen molar-refractivity contribution >= 4 is 34.7 Å². The molecular weight excluding hydrogens is 350 g/mol. The molecule has 0 aromatic heterocycles. The topological polar surface area (TPSA) is 69.1 Å². The molecular formula is C19H20ClN5O. The number of carbonyl (C=O) groups is 1. The minimum Gasteiger partial charge on any atom is -0.301 e. The monoisotopic (exact) mass is 369 g/mol. The maximum absolute atomic E-state index is 11.8. The number of rotatable bonds is 3. The highest BCUT2D eigenvalue weighted by molar-refractivity contribution is 6.31. The largest absolute Gasteiger partial charge is 0.301 e. The predicted molar refractivity (Wildman–Crippen MR) is 105 cm³/mol. The standard InChI is InChI=1S/C19H20ClN5O/c1-25(2)12-18(26)24-23-17-11-21-19(13-6-4-3-5-7-13)15-10-14(20)8-9-16(15)22-17/h3-10H,11-12H2,1-2H3,(H,22,23)(H,24,26). The van der Waals surface area contributed by atoms with Crippen molar-refractivity contribution in [3.8, 4) is 0 Å². The average Bonchev–Trinajstić information content (AvgIpc) is 2.79. The van der Waals surface area contributed by atoms with Crippen molar-refractivity contribution in [1.82, 2.24) is 15.8 Å². The van der Waals surface area contributed by atoms with Gasteiger partial charge in [0.2, 0.25) is 0 Å². The van der Waals surface area contributed by atoms with E-state index in [1.165, 1.54) is 0 Å². The molecule has 0 saturated carbocycles. The summed E-state index contributed by atoms with van der Waals surface area (Å²) in [7, 11) is 3.67. The van der Waals surface area contributed by atoms with Gasteiger partial charge in [-0.15, -0.1) is 0 Å². The first-order chi connectivity index (χ1) is 12.5. The van der Waals surface area contributed by atoms with Crippen molar-refractivity contribution < 1.29 is 4.79 Å². The molecule has 2 aromatic rings. The molecule has 0 aliphatic carbocycles. The number of carbonyl (C=O) groups excluding carboxylic acids is 1. The zero-order valence-electron chi connectivity index (χ0n) is 14.7. The van der Waals surface area contributed by atoms with Crippen LogP contribution in [-0.4, -0.2) is 49.5 Å². The summed E-state index contributed by atoms with van der Waals surface area (Å²) in [6, 6.07) is 15.4. The first-order valence-corrected chi connectivity index (χ1v) is 8.57. The summed E-state index contributed by atoms with van der Waals surface area (Å²) in [6.45, 7) is 0.601. The number of nitrogens with zero attached hydrogens (tertiary/aromatic N) is 3. The third kappa shape index (κ3) is 4.47. The van der Waals surface area contributed by atoms with Crippen molar-refractivity contribution in [2.75, 3.05) is 27.2 Å². The zero-order valence-corrected chi connectivity index (χ0v) is 15.4. The Labute approximate surface area is 157 Å². The lowest BCUT2D eigenvalue weighted by Crippen LogP contribution is -2.46. The SMILES string of the molecule is CN(C)CC(=O)NNC1=Nc2ccc(Cl)cc2C(c2ccccc2)=NC1. The molecule has 1 aliphatic rings. The number of hydrazine groups is 1. The first kappa shape index (κ1) is 18.1. The van der Waals surface area contributed by atoms with E-state index in [0.717, 1.165) is 22.5 Å². The maximum atomic E-state index is 11.8. The van der Waals surface area contributed by atoms with Crippen molar-refractivity contribution in [2.45, 2.75) is 0 Å². The molecule has 26 heavy (non-hydrogen) atoms. The zero-order chi connectivity index (χ0) is 18.5. The lowest BCUT2D eigenvalue weighted by molar-refractivity contribution is -0.122. The van der Waals surface area contributed by atoms with Crippen LogP contribution in [0.4, 0.5) is 5.69 Å². The fourth-order valence-electron chi connectivity index (χ4n) is 2.59. The number of nitrogens with one attached hydrogen (secondary N) is 2. The Morgan fingerprint density at radius 1 is 1.19 bits per heavy atom. The van der Waals surface area contributed by atoms with E-state index in [4.69, 9.17) is 16.6 Å². The highest BCUT2D eigenvalue weighted by Gasteiger charge is 2.17. The minimum absolute atomic E-state index is 0.148. The number of amides is 1. The van der Waals surface area contributed by atoms with E-state index in [1.54, 1.807) is 11.0 Å². The fraction of sp³-hybridized carbons (Fsp3) is 0.211. The number of amidine groups is 1. The molecule has 0 unspecified atom stereocenters. The van der Waals surface area contributed by atoms with Gasteiger partial charge in [-0.2, -0.15) is 0 Å². The van der Waals surface area contributed by atoms with Crippen LogP contribution in [0.2, 0.25) is 5.02 Å². The maximum Gasteiger partial charge on any atom is 0.252 e. The van der Waals surface area contributed by atoms with Crippen LogP contribution in [0.15, 0.2) is 58.5 Å². The third-order valence-corrected chi connectivity index (χ3v) is 3.94. The number of halogens is 1. The first-order valence-electron chi connectivity index (χ1n) is 8.20. The molecule has 2 aromatic carbocycles. The van der Waals surface area contributed by atoms with Gasteiger partial charge in [0.15, 0.2) is 0 Å². The molecule has 0 saturated heterocycles. The van der Waals surface area contributed by atoms with Gasteiger partial charge in [-0.05, 0) is 32.3 Å². The Morgan fingerprint density at radius 3 is 2.69 bits per heavy atom. The summed E-state index contributed by atoms with van der Waals surface area (Å²) >= 11 is 6.19. The lowest BCUT2D eigenvalue weighted by Gasteiger charge is -2.12. The van der Waals surface area contributed by atoms with E-state index in [9.17, 15) is 4.79 Å². The number of aliphatic imine (C=N–C) groups is 2. The third-order valence-electron chi connectivity index (χ3n) is 3.71. The van der Waals surface area contributed by atoms with Gasteiger partial charge in [0.05, 0.1) is 24.5 Å². The average molecular weight is 370 g/mol. The van der Waals surface area contributed by atoms with E-state index in [-0.39, 0.29) is 12.5 Å². The quantitative estimate of drug-likeness (QED) is 0.816. The number of likely N-dealkylation sites (N-methyl/N-ethyl adjacent to an activating group) is 1. The van der Waals surface area contributed by atoms with Crippen LogP contribution >= 0.6 is 11.6 Å². The number of hydrogen-bond donors (Lipinski definition) is 2. The van der Waals surface area contributed by atoms with E-state index < -0.39 is 0 Å². The molecule has 0 spiro atoms. The normalized spacial score (nSPS) is 13.4. The van der Waals surface area contributed by atoms with Gasteiger partial charge in [-0.25, -0.2) is 4.99 Å². The van der Waals surface area contributed by atoms with Gasteiger partial charge in [0.1, 0.15) is 5.84 Å². The summed E-state index contributed by atoms with van der Waals surface area (Å²) in [5.74, 6) is 0.414. The van der Waals surface area contributed by atoms with Gasteiger partial charge in [0.25, 0.3) is 5.91 Å². The van der Waals surface area contributed by atoms with Crippen molar-refractivity contribution in [3.63, 3.8) is 0 Å². The van der Waals surface area contributed by atoms with Gasteiger partial charge in [-0.1, -0.05) is 41.9 Å². The highest BCUT2D eigenvalue weighted by Crippen LogP contribution is 2.28. The van der Waals surface area contributed by atoms with Gasteiger partial charge in [-0.3, -0.25) is 20.6 Å². The summed E-state index contributed by atoms with van der Waals surface area (Å²) in [4.78, 5) is 22.9. The predicted octanol–water partition coefficient (Wildman–Crippen LogP) is 2.40. The summed E-state index contributed by atoms with van der Waals surface area (Å²) in [5, 5.41) is 0.623. The van der Waals surface area contributed by atoms with Crippen LogP contribution < -0.4 is 10.9 Å². The Morgan fingerprint density at radius 2 is 1.96 bits per heavy atom. The van der Waals surface area contributed by atoms with Gasteiger partial charge in [0, 0.05) is 16.1 Å². The minimum atomic E-state index is -0.148. The molecule has 6 nitrogen and oxygen atoms in total. The van der Waals surface area contributed by atoms with Crippen LogP contribution in [0.3, 0.4) is 0 Å².